The number of hydrogen-bond acceptors (Lipinski definition) is 11. The molecule has 1 unspecified atom stereocenters. The van der Waals surface area contributed by atoms with Gasteiger partial charge in [0, 0.05) is 48.5 Å². The van der Waals surface area contributed by atoms with Crippen molar-refractivity contribution in [2.24, 2.45) is 0 Å². The van der Waals surface area contributed by atoms with E-state index >= 15 is 0 Å². The van der Waals surface area contributed by atoms with E-state index in [9.17, 15) is 18.0 Å². The van der Waals surface area contributed by atoms with Crippen molar-refractivity contribution in [1.82, 2.24) is 24.9 Å². The van der Waals surface area contributed by atoms with Gasteiger partial charge in [-0.15, -0.1) is 0 Å². The van der Waals surface area contributed by atoms with Crippen LogP contribution in [0.2, 0.25) is 0 Å². The lowest BCUT2D eigenvalue weighted by atomic mass is 10.1. The molecule has 1 saturated heterocycles. The molecule has 0 saturated carbocycles. The van der Waals surface area contributed by atoms with Gasteiger partial charge in [0.25, 0.3) is 0 Å². The maximum atomic E-state index is 13.6. The van der Waals surface area contributed by atoms with Gasteiger partial charge in [-0.25, -0.2) is 24.7 Å². The Kier molecular flexibility index (Phi) is 11.6. The minimum atomic E-state index is -4.67. The Hall–Kier alpha value is -5.05. The van der Waals surface area contributed by atoms with Crippen molar-refractivity contribution in [2.75, 3.05) is 37.1 Å². The van der Waals surface area contributed by atoms with Crippen LogP contribution in [0.4, 0.5) is 29.7 Å². The number of anilines is 2. The number of benzene rings is 1. The zero-order valence-corrected chi connectivity index (χ0v) is 26.5. The Morgan fingerprint density at radius 2 is 1.75 bits per heavy atom. The summed E-state index contributed by atoms with van der Waals surface area (Å²) < 4.78 is 62.0. The summed E-state index contributed by atoms with van der Waals surface area (Å²) in [6, 6.07) is 12.9. The molecule has 15 heteroatoms. The minimum Gasteiger partial charge on any atom is -0.469 e. The van der Waals surface area contributed by atoms with Crippen molar-refractivity contribution in [2.45, 2.75) is 57.5 Å². The standard InChI is InChI=1S/C33H36F3N7O5/c1-3-8-25(41-30-38-18-27(33(34,35)36)29(42-30)48-26-20-46-21-26)11-7-14-43(32(44)47-19-22-9-5-4-6-10-22)28-13-12-23(15-37-28)24-16-39-31(45-2)40-17-24/h4-6,9-10,12-13,15-18,25-26H,3,7-8,11,14,19-21H2,1-2H3,(H,38,41,42). The van der Waals surface area contributed by atoms with Gasteiger partial charge in [0.1, 0.15) is 24.1 Å². The predicted octanol–water partition coefficient (Wildman–Crippen LogP) is 6.34. The normalized spacial score (nSPS) is 13.7. The summed E-state index contributed by atoms with van der Waals surface area (Å²) in [5.41, 5.74) is 1.26. The fraction of sp³-hybridized carbons (Fsp3) is 0.394. The molecule has 0 spiro atoms. The fourth-order valence-electron chi connectivity index (χ4n) is 4.86. The van der Waals surface area contributed by atoms with Crippen LogP contribution in [0.25, 0.3) is 11.1 Å². The molecule has 254 valence electrons. The molecule has 3 aromatic heterocycles. The molecule has 1 atom stereocenters. The molecule has 48 heavy (non-hydrogen) atoms. The van der Waals surface area contributed by atoms with Gasteiger partial charge in [-0.2, -0.15) is 18.2 Å². The molecule has 0 radical (unpaired) electrons. The first-order chi connectivity index (χ1) is 23.2. The van der Waals surface area contributed by atoms with Crippen LogP contribution in [-0.2, 0) is 22.3 Å². The van der Waals surface area contributed by atoms with Crippen LogP contribution in [0, 0.1) is 0 Å². The number of alkyl halides is 3. The summed E-state index contributed by atoms with van der Waals surface area (Å²) >= 11 is 0. The van der Waals surface area contributed by atoms with Crippen molar-refractivity contribution in [3.63, 3.8) is 0 Å². The molecule has 1 aliphatic rings. The lowest BCUT2D eigenvalue weighted by molar-refractivity contribution is -0.142. The molecule has 1 N–H and O–H groups in total. The molecule has 0 aliphatic carbocycles. The lowest BCUT2D eigenvalue weighted by Crippen LogP contribution is -2.39. The summed E-state index contributed by atoms with van der Waals surface area (Å²) in [4.78, 5) is 35.6. The Morgan fingerprint density at radius 3 is 2.38 bits per heavy atom. The van der Waals surface area contributed by atoms with Crippen molar-refractivity contribution < 1.29 is 36.9 Å². The van der Waals surface area contributed by atoms with Gasteiger partial charge in [-0.3, -0.25) is 4.90 Å². The number of methoxy groups -OCH3 is 1. The number of carbonyl (C=O) groups is 1. The van der Waals surface area contributed by atoms with Crippen LogP contribution in [0.1, 0.15) is 43.7 Å². The summed E-state index contributed by atoms with van der Waals surface area (Å²) in [7, 11) is 1.48. The number of hydrogen-bond donors (Lipinski definition) is 1. The van der Waals surface area contributed by atoms with Crippen LogP contribution >= 0.6 is 0 Å². The first-order valence-corrected chi connectivity index (χ1v) is 15.5. The predicted molar refractivity (Wildman–Crippen MR) is 170 cm³/mol. The molecule has 1 aromatic carbocycles. The van der Waals surface area contributed by atoms with Gasteiger partial charge < -0.3 is 24.3 Å². The highest BCUT2D eigenvalue weighted by Crippen LogP contribution is 2.36. The molecule has 0 bridgehead atoms. The number of aromatic nitrogens is 5. The number of amides is 1. The number of ether oxygens (including phenoxy) is 4. The van der Waals surface area contributed by atoms with E-state index in [1.165, 1.54) is 12.0 Å². The second kappa shape index (κ2) is 16.2. The number of pyridine rings is 1. The van der Waals surface area contributed by atoms with E-state index in [0.717, 1.165) is 29.3 Å². The zero-order valence-electron chi connectivity index (χ0n) is 26.5. The first kappa shape index (κ1) is 34.3. The van der Waals surface area contributed by atoms with Crippen molar-refractivity contribution in [3.05, 3.63) is 78.4 Å². The largest absolute Gasteiger partial charge is 0.469 e. The molecule has 12 nitrogen and oxygen atoms in total. The maximum Gasteiger partial charge on any atom is 0.423 e. The van der Waals surface area contributed by atoms with Gasteiger partial charge in [0.2, 0.25) is 11.8 Å². The number of rotatable bonds is 15. The van der Waals surface area contributed by atoms with E-state index < -0.39 is 29.8 Å². The fourth-order valence-corrected chi connectivity index (χ4v) is 4.86. The van der Waals surface area contributed by atoms with Crippen LogP contribution in [0.15, 0.2) is 67.3 Å². The first-order valence-electron chi connectivity index (χ1n) is 15.5. The van der Waals surface area contributed by atoms with Gasteiger partial charge in [-0.05, 0) is 37.0 Å². The van der Waals surface area contributed by atoms with E-state index in [0.29, 0.717) is 25.1 Å². The van der Waals surface area contributed by atoms with E-state index in [-0.39, 0.29) is 44.4 Å². The van der Waals surface area contributed by atoms with E-state index in [1.807, 2.05) is 43.3 Å². The Labute approximate surface area is 275 Å². The molecule has 1 aliphatic heterocycles. The van der Waals surface area contributed by atoms with Gasteiger partial charge >= 0.3 is 18.3 Å². The molecule has 1 amide bonds. The van der Waals surface area contributed by atoms with E-state index in [1.54, 1.807) is 24.7 Å². The summed E-state index contributed by atoms with van der Waals surface area (Å²) in [5.74, 6) is -0.124. The van der Waals surface area contributed by atoms with Gasteiger partial charge in [0.15, 0.2) is 0 Å². The highest BCUT2D eigenvalue weighted by molar-refractivity contribution is 5.86. The number of carbonyl (C=O) groups excluding carboxylic acids is 1. The number of halogens is 3. The van der Waals surface area contributed by atoms with Crippen LogP contribution < -0.4 is 19.7 Å². The number of nitrogens with one attached hydrogen (secondary N) is 1. The third-order valence-electron chi connectivity index (χ3n) is 7.44. The molecule has 1 fully saturated rings. The van der Waals surface area contributed by atoms with Crippen LogP contribution in [0.3, 0.4) is 0 Å². The highest BCUT2D eigenvalue weighted by Gasteiger charge is 2.38. The van der Waals surface area contributed by atoms with Crippen molar-refractivity contribution in [3.8, 4) is 23.0 Å². The topological polar surface area (TPSA) is 134 Å². The average Bonchev–Trinajstić information content (AvgIpc) is 3.07. The maximum absolute atomic E-state index is 13.6. The average molecular weight is 668 g/mol. The molecule has 4 heterocycles. The highest BCUT2D eigenvalue weighted by atomic mass is 19.4. The Morgan fingerprint density at radius 1 is 1.00 bits per heavy atom. The second-order valence-electron chi connectivity index (χ2n) is 11.0. The Balaban J connectivity index is 1.28. The van der Waals surface area contributed by atoms with E-state index in [4.69, 9.17) is 18.9 Å². The van der Waals surface area contributed by atoms with E-state index in [2.05, 4.69) is 30.2 Å². The summed E-state index contributed by atoms with van der Waals surface area (Å²) in [6.07, 6.45) is 2.38. The molecular weight excluding hydrogens is 631 g/mol. The van der Waals surface area contributed by atoms with Crippen LogP contribution in [-0.4, -0.2) is 70.0 Å². The molecular formula is C33H36F3N7O5. The summed E-state index contributed by atoms with van der Waals surface area (Å²) in [6.45, 7) is 2.73. The molecule has 5 rings (SSSR count). The van der Waals surface area contributed by atoms with Gasteiger partial charge in [-0.1, -0.05) is 43.7 Å². The molecule has 4 aromatic rings. The van der Waals surface area contributed by atoms with Gasteiger partial charge in [0.05, 0.1) is 20.3 Å². The monoisotopic (exact) mass is 667 g/mol. The SMILES string of the molecule is CCCC(CCCN(C(=O)OCc1ccccc1)c1ccc(-c2cnc(OC)nc2)cn1)Nc1ncc(C(F)(F)F)c(OC2COC2)n1. The van der Waals surface area contributed by atoms with Crippen molar-refractivity contribution >= 4 is 17.9 Å². The quantitative estimate of drug-likeness (QED) is 0.152. The van der Waals surface area contributed by atoms with Crippen LogP contribution in [0.5, 0.6) is 11.9 Å². The lowest BCUT2D eigenvalue weighted by Gasteiger charge is -2.27. The second-order valence-corrected chi connectivity index (χ2v) is 11.0. The summed E-state index contributed by atoms with van der Waals surface area (Å²) in [5, 5.41) is 3.16. The third-order valence-corrected chi connectivity index (χ3v) is 7.44. The number of nitrogens with zero attached hydrogens (tertiary/aromatic N) is 6. The third kappa shape index (κ3) is 9.27. The minimum absolute atomic E-state index is 0.0237. The zero-order chi connectivity index (χ0) is 33.9. The van der Waals surface area contributed by atoms with Crippen molar-refractivity contribution in [1.29, 1.82) is 0 Å². The smallest absolute Gasteiger partial charge is 0.423 e. The Bertz CT molecular complexity index is 1610.